The Bertz CT molecular complexity index is 830. The average molecular weight is 370 g/mol. The van der Waals surface area contributed by atoms with E-state index in [0.717, 1.165) is 23.4 Å². The molecule has 7 heteroatoms. The van der Waals surface area contributed by atoms with Gasteiger partial charge in [-0.2, -0.15) is 13.2 Å². The van der Waals surface area contributed by atoms with Crippen LogP contribution in [-0.4, -0.2) is 24.2 Å². The molecular formula is C18H15ClF3NO2. The van der Waals surface area contributed by atoms with E-state index in [0.29, 0.717) is 24.2 Å². The monoisotopic (exact) mass is 369 g/mol. The fourth-order valence-electron chi connectivity index (χ4n) is 2.87. The molecule has 0 spiro atoms. The highest BCUT2D eigenvalue weighted by Crippen LogP contribution is 2.38. The van der Waals surface area contributed by atoms with Gasteiger partial charge in [0, 0.05) is 29.4 Å². The van der Waals surface area contributed by atoms with Crippen LogP contribution in [-0.2, 0) is 11.0 Å². The van der Waals surface area contributed by atoms with Crippen molar-refractivity contribution >= 4 is 23.3 Å². The summed E-state index contributed by atoms with van der Waals surface area (Å²) >= 11 is 6.12. The average Bonchev–Trinajstić information content (AvgIpc) is 2.43. The smallest absolute Gasteiger partial charge is 0.416 e. The van der Waals surface area contributed by atoms with Crippen LogP contribution in [0.15, 0.2) is 36.4 Å². The van der Waals surface area contributed by atoms with Crippen LogP contribution >= 0.6 is 11.6 Å². The molecule has 0 saturated carbocycles. The van der Waals surface area contributed by atoms with Crippen LogP contribution in [0.2, 0.25) is 5.02 Å². The molecule has 0 unspecified atom stereocenters. The number of halogens is 4. The summed E-state index contributed by atoms with van der Waals surface area (Å²) in [6, 6.07) is 8.62. The molecule has 2 aromatic carbocycles. The van der Waals surface area contributed by atoms with Gasteiger partial charge in [0.1, 0.15) is 0 Å². The minimum atomic E-state index is -4.45. The van der Waals surface area contributed by atoms with Gasteiger partial charge in [-0.3, -0.25) is 4.79 Å². The Morgan fingerprint density at radius 3 is 2.48 bits per heavy atom. The molecule has 1 fully saturated rings. The molecule has 0 aromatic heterocycles. The molecule has 1 N–H and O–H groups in total. The Labute approximate surface area is 147 Å². The van der Waals surface area contributed by atoms with Crippen LogP contribution in [0.25, 0.3) is 11.1 Å². The first-order valence-electron chi connectivity index (χ1n) is 7.61. The maximum absolute atomic E-state index is 13.0. The number of alkyl halides is 3. The third kappa shape index (κ3) is 3.58. The lowest BCUT2D eigenvalue weighted by Crippen LogP contribution is -2.50. The Morgan fingerprint density at radius 1 is 1.20 bits per heavy atom. The first kappa shape index (κ1) is 17.6. The van der Waals surface area contributed by atoms with Crippen molar-refractivity contribution in [3.63, 3.8) is 0 Å². The van der Waals surface area contributed by atoms with E-state index < -0.39 is 23.6 Å². The molecule has 0 atom stereocenters. The molecule has 1 aliphatic rings. The Morgan fingerprint density at radius 2 is 1.88 bits per heavy atom. The minimum Gasteiger partial charge on any atom is -0.481 e. The highest BCUT2D eigenvalue weighted by molar-refractivity contribution is 6.33. The van der Waals surface area contributed by atoms with Crippen molar-refractivity contribution in [3.8, 4) is 11.1 Å². The Hall–Kier alpha value is -2.21. The summed E-state index contributed by atoms with van der Waals surface area (Å²) < 4.78 is 38.9. The highest BCUT2D eigenvalue weighted by Gasteiger charge is 2.33. The van der Waals surface area contributed by atoms with E-state index >= 15 is 0 Å². The first-order valence-corrected chi connectivity index (χ1v) is 7.99. The zero-order valence-electron chi connectivity index (χ0n) is 13.3. The molecule has 2 aromatic rings. The molecule has 0 amide bonds. The van der Waals surface area contributed by atoms with Gasteiger partial charge in [0.25, 0.3) is 0 Å². The highest BCUT2D eigenvalue weighted by atomic mass is 35.5. The van der Waals surface area contributed by atoms with Crippen LogP contribution in [0.1, 0.15) is 11.1 Å². The lowest BCUT2D eigenvalue weighted by molar-refractivity contribution is -0.142. The topological polar surface area (TPSA) is 40.5 Å². The van der Waals surface area contributed by atoms with Crippen LogP contribution in [0.5, 0.6) is 0 Å². The first-order chi connectivity index (χ1) is 11.6. The number of anilines is 1. The van der Waals surface area contributed by atoms with Gasteiger partial charge >= 0.3 is 12.1 Å². The fraction of sp³-hybridized carbons (Fsp3) is 0.278. The van der Waals surface area contributed by atoms with Gasteiger partial charge in [-0.25, -0.2) is 0 Å². The normalized spacial score (nSPS) is 15.2. The van der Waals surface area contributed by atoms with Gasteiger partial charge in [0.2, 0.25) is 0 Å². The maximum atomic E-state index is 13.0. The summed E-state index contributed by atoms with van der Waals surface area (Å²) in [6.07, 6.45) is -4.45. The van der Waals surface area contributed by atoms with Gasteiger partial charge in [-0.1, -0.05) is 17.7 Å². The van der Waals surface area contributed by atoms with Crippen LogP contribution in [0.4, 0.5) is 18.9 Å². The summed E-state index contributed by atoms with van der Waals surface area (Å²) in [5, 5.41) is 9.21. The summed E-state index contributed by atoms with van der Waals surface area (Å²) in [6.45, 7) is 2.60. The molecule has 3 rings (SSSR count). The number of nitrogens with zero attached hydrogens (tertiary/aromatic N) is 1. The number of rotatable bonds is 3. The number of carbonyl (C=O) groups is 1. The number of hydrogen-bond acceptors (Lipinski definition) is 2. The number of carboxylic acids is 1. The van der Waals surface area contributed by atoms with Crippen LogP contribution < -0.4 is 4.90 Å². The van der Waals surface area contributed by atoms with Crippen molar-refractivity contribution in [2.45, 2.75) is 13.1 Å². The summed E-state index contributed by atoms with van der Waals surface area (Å²) in [7, 11) is 0. The summed E-state index contributed by atoms with van der Waals surface area (Å²) in [5.74, 6) is -1.26. The number of carboxylic acid groups (broad SMARTS) is 1. The Kier molecular flexibility index (Phi) is 4.41. The number of hydrogen-bond donors (Lipinski definition) is 1. The van der Waals surface area contributed by atoms with Gasteiger partial charge in [-0.05, 0) is 48.4 Å². The molecular weight excluding hydrogens is 355 g/mol. The van der Waals surface area contributed by atoms with Gasteiger partial charge in [0.15, 0.2) is 0 Å². The molecule has 0 radical (unpaired) electrons. The second-order valence-electron chi connectivity index (χ2n) is 6.19. The standard InChI is InChI=1S/C18H15ClF3NO2/c1-10-4-11(6-14(5-10)23-8-12(9-23)17(24)25)15-7-13(18(20,21)22)2-3-16(15)19/h2-7,12H,8-9H2,1H3,(H,24,25). The predicted octanol–water partition coefficient (Wildman–Crippen LogP) is 4.86. The van der Waals surface area contributed by atoms with Crippen molar-refractivity contribution in [2.75, 3.05) is 18.0 Å². The zero-order chi connectivity index (χ0) is 18.4. The van der Waals surface area contributed by atoms with Crippen molar-refractivity contribution in [1.82, 2.24) is 0 Å². The molecule has 0 aliphatic carbocycles. The summed E-state index contributed by atoms with van der Waals surface area (Å²) in [5.41, 5.74) is 1.76. The van der Waals surface area contributed by atoms with E-state index in [9.17, 15) is 18.0 Å². The van der Waals surface area contributed by atoms with Gasteiger partial charge < -0.3 is 10.0 Å². The van der Waals surface area contributed by atoms with E-state index in [2.05, 4.69) is 0 Å². The van der Waals surface area contributed by atoms with E-state index in [-0.39, 0.29) is 5.02 Å². The number of benzene rings is 2. The molecule has 132 valence electrons. The van der Waals surface area contributed by atoms with Crippen molar-refractivity contribution in [3.05, 3.63) is 52.5 Å². The van der Waals surface area contributed by atoms with Crippen LogP contribution in [0.3, 0.4) is 0 Å². The van der Waals surface area contributed by atoms with Crippen molar-refractivity contribution in [2.24, 2.45) is 5.92 Å². The second kappa shape index (κ2) is 6.26. The van der Waals surface area contributed by atoms with E-state index in [1.807, 2.05) is 17.9 Å². The number of aryl methyl sites for hydroxylation is 1. The largest absolute Gasteiger partial charge is 0.481 e. The quantitative estimate of drug-likeness (QED) is 0.840. The van der Waals surface area contributed by atoms with Crippen molar-refractivity contribution in [1.29, 1.82) is 0 Å². The fourth-order valence-corrected chi connectivity index (χ4v) is 3.10. The number of aliphatic carboxylic acids is 1. The molecule has 0 bridgehead atoms. The zero-order valence-corrected chi connectivity index (χ0v) is 14.0. The molecule has 1 heterocycles. The van der Waals surface area contributed by atoms with Crippen molar-refractivity contribution < 1.29 is 23.1 Å². The molecule has 25 heavy (non-hydrogen) atoms. The Balaban J connectivity index is 1.97. The molecule has 1 saturated heterocycles. The second-order valence-corrected chi connectivity index (χ2v) is 6.60. The van der Waals surface area contributed by atoms with Gasteiger partial charge in [0.05, 0.1) is 11.5 Å². The SMILES string of the molecule is Cc1cc(-c2cc(C(F)(F)F)ccc2Cl)cc(N2CC(C(=O)O)C2)c1. The third-order valence-corrected chi connectivity index (χ3v) is 4.59. The van der Waals surface area contributed by atoms with E-state index in [1.54, 1.807) is 12.1 Å². The van der Waals surface area contributed by atoms with Crippen LogP contribution in [0, 0.1) is 12.8 Å². The third-order valence-electron chi connectivity index (χ3n) is 4.26. The maximum Gasteiger partial charge on any atom is 0.416 e. The summed E-state index contributed by atoms with van der Waals surface area (Å²) in [4.78, 5) is 12.8. The van der Waals surface area contributed by atoms with E-state index in [1.165, 1.54) is 6.07 Å². The lowest BCUT2D eigenvalue weighted by Gasteiger charge is -2.39. The molecule has 3 nitrogen and oxygen atoms in total. The minimum absolute atomic E-state index is 0.233. The molecule has 1 aliphatic heterocycles. The van der Waals surface area contributed by atoms with Gasteiger partial charge in [-0.15, -0.1) is 0 Å². The lowest BCUT2D eigenvalue weighted by atomic mass is 9.96. The van der Waals surface area contributed by atoms with E-state index in [4.69, 9.17) is 16.7 Å². The predicted molar refractivity (Wildman–Crippen MR) is 90.0 cm³/mol.